The summed E-state index contributed by atoms with van der Waals surface area (Å²) in [5.41, 5.74) is 0.293. The molecule has 2 rings (SSSR count). The van der Waals surface area contributed by atoms with Gasteiger partial charge in [-0.25, -0.2) is 22.5 Å². The summed E-state index contributed by atoms with van der Waals surface area (Å²) in [6, 6.07) is 6.02. The third kappa shape index (κ3) is 3.18. The van der Waals surface area contributed by atoms with Gasteiger partial charge < -0.3 is 4.98 Å². The first-order valence-corrected chi connectivity index (χ1v) is 7.28. The smallest absolute Gasteiger partial charge is 0.257 e. The summed E-state index contributed by atoms with van der Waals surface area (Å²) < 4.78 is 39.6. The summed E-state index contributed by atoms with van der Waals surface area (Å²) in [5.74, 6) is 0.148. The molecule has 0 aliphatic heterocycles. The van der Waals surface area contributed by atoms with Crippen molar-refractivity contribution in [2.45, 2.75) is 24.9 Å². The number of sulfonamides is 1. The van der Waals surface area contributed by atoms with Crippen molar-refractivity contribution in [1.82, 2.24) is 14.7 Å². The van der Waals surface area contributed by atoms with Crippen molar-refractivity contribution in [2.75, 3.05) is 0 Å². The van der Waals surface area contributed by atoms with Crippen LogP contribution in [0.2, 0.25) is 0 Å². The number of aromatic nitrogens is 2. The molecule has 2 aromatic rings. The number of imidazole rings is 1. The zero-order chi connectivity index (χ0) is 13.9. The molecule has 0 amide bonds. The molecule has 0 aliphatic rings. The van der Waals surface area contributed by atoms with E-state index in [9.17, 15) is 12.8 Å². The topological polar surface area (TPSA) is 74.8 Å². The molecule has 0 unspecified atom stereocenters. The summed E-state index contributed by atoms with van der Waals surface area (Å²) in [6.45, 7) is 1.76. The Morgan fingerprint density at radius 1 is 1.37 bits per heavy atom. The highest BCUT2D eigenvalue weighted by Gasteiger charge is 2.17. The van der Waals surface area contributed by atoms with Crippen LogP contribution >= 0.6 is 0 Å². The fourth-order valence-corrected chi connectivity index (χ4v) is 2.50. The van der Waals surface area contributed by atoms with E-state index in [1.165, 1.54) is 18.3 Å². The van der Waals surface area contributed by atoms with Crippen molar-refractivity contribution in [2.24, 2.45) is 0 Å². The van der Waals surface area contributed by atoms with Crippen LogP contribution < -0.4 is 4.72 Å². The van der Waals surface area contributed by atoms with Crippen LogP contribution in [0, 0.1) is 5.82 Å². The molecule has 0 saturated heterocycles. The van der Waals surface area contributed by atoms with E-state index in [1.54, 1.807) is 12.1 Å². The van der Waals surface area contributed by atoms with E-state index in [2.05, 4.69) is 14.7 Å². The Bertz CT molecular complexity index is 667. The first-order valence-electron chi connectivity index (χ1n) is 5.80. The Morgan fingerprint density at radius 3 is 2.74 bits per heavy atom. The molecule has 0 bridgehead atoms. The van der Waals surface area contributed by atoms with Crippen LogP contribution in [0.4, 0.5) is 4.39 Å². The van der Waals surface area contributed by atoms with E-state index in [0.717, 1.165) is 0 Å². The van der Waals surface area contributed by atoms with E-state index >= 15 is 0 Å². The standard InChI is InChI=1S/C12H14FN3O2S/c1-2-11-14-8-12(16-11)19(17,18)15-7-9-5-3-4-6-10(9)13/h3-6,8,15H,2,7H2,1H3,(H,14,16). The van der Waals surface area contributed by atoms with E-state index in [0.29, 0.717) is 17.8 Å². The number of rotatable bonds is 5. The molecule has 1 aromatic heterocycles. The number of hydrogen-bond acceptors (Lipinski definition) is 3. The molecule has 0 fully saturated rings. The highest BCUT2D eigenvalue weighted by molar-refractivity contribution is 7.89. The third-order valence-electron chi connectivity index (χ3n) is 2.64. The Morgan fingerprint density at radius 2 is 2.11 bits per heavy atom. The van der Waals surface area contributed by atoms with Gasteiger partial charge in [-0.1, -0.05) is 25.1 Å². The van der Waals surface area contributed by atoms with Gasteiger partial charge in [0.05, 0.1) is 6.20 Å². The van der Waals surface area contributed by atoms with Crippen LogP contribution in [0.3, 0.4) is 0 Å². The highest BCUT2D eigenvalue weighted by atomic mass is 32.2. The minimum Gasteiger partial charge on any atom is -0.332 e. The molecule has 0 saturated carbocycles. The van der Waals surface area contributed by atoms with E-state index in [4.69, 9.17) is 0 Å². The van der Waals surface area contributed by atoms with Crippen molar-refractivity contribution >= 4 is 10.0 Å². The zero-order valence-corrected chi connectivity index (χ0v) is 11.2. The minimum absolute atomic E-state index is 0.0133. The van der Waals surface area contributed by atoms with Gasteiger partial charge in [0, 0.05) is 18.5 Å². The second kappa shape index (κ2) is 5.50. The lowest BCUT2D eigenvalue weighted by molar-refractivity contribution is 0.571. The number of aromatic amines is 1. The second-order valence-corrected chi connectivity index (χ2v) is 5.70. The molecule has 102 valence electrons. The maximum atomic E-state index is 13.4. The molecule has 5 nitrogen and oxygen atoms in total. The molecule has 0 radical (unpaired) electrons. The molecule has 0 spiro atoms. The molecule has 7 heteroatoms. The van der Waals surface area contributed by atoms with E-state index < -0.39 is 15.8 Å². The quantitative estimate of drug-likeness (QED) is 0.875. The van der Waals surface area contributed by atoms with Crippen LogP contribution in [0.5, 0.6) is 0 Å². The van der Waals surface area contributed by atoms with Crippen molar-refractivity contribution in [3.63, 3.8) is 0 Å². The van der Waals surface area contributed by atoms with Crippen molar-refractivity contribution < 1.29 is 12.8 Å². The van der Waals surface area contributed by atoms with Crippen molar-refractivity contribution in [1.29, 1.82) is 0 Å². The number of aryl methyl sites for hydroxylation is 1. The van der Waals surface area contributed by atoms with E-state index in [-0.39, 0.29) is 11.6 Å². The number of nitrogens with one attached hydrogen (secondary N) is 2. The Balaban J connectivity index is 2.12. The zero-order valence-electron chi connectivity index (χ0n) is 10.4. The van der Waals surface area contributed by atoms with Gasteiger partial charge >= 0.3 is 0 Å². The number of benzene rings is 1. The Hall–Kier alpha value is -1.73. The van der Waals surface area contributed by atoms with Crippen molar-refractivity contribution in [3.8, 4) is 0 Å². The van der Waals surface area contributed by atoms with Crippen LogP contribution in [-0.2, 0) is 23.0 Å². The van der Waals surface area contributed by atoms with Gasteiger partial charge in [0.25, 0.3) is 10.0 Å². The van der Waals surface area contributed by atoms with Gasteiger partial charge in [0.15, 0.2) is 5.03 Å². The van der Waals surface area contributed by atoms with Crippen LogP contribution in [-0.4, -0.2) is 18.4 Å². The normalized spacial score (nSPS) is 11.7. The Labute approximate surface area is 110 Å². The minimum atomic E-state index is -3.70. The average Bonchev–Trinajstić information content (AvgIpc) is 2.87. The monoisotopic (exact) mass is 283 g/mol. The molecule has 2 N–H and O–H groups in total. The molecule has 1 heterocycles. The lowest BCUT2D eigenvalue weighted by Gasteiger charge is -2.05. The predicted molar refractivity (Wildman–Crippen MR) is 68.4 cm³/mol. The van der Waals surface area contributed by atoms with Crippen LogP contribution in [0.1, 0.15) is 18.3 Å². The summed E-state index contributed by atoms with van der Waals surface area (Å²) in [4.78, 5) is 6.62. The van der Waals surface area contributed by atoms with Gasteiger partial charge in [-0.2, -0.15) is 0 Å². The SMILES string of the molecule is CCc1ncc(S(=O)(=O)NCc2ccccc2F)[nH]1. The average molecular weight is 283 g/mol. The van der Waals surface area contributed by atoms with Gasteiger partial charge in [-0.05, 0) is 6.07 Å². The summed E-state index contributed by atoms with van der Waals surface area (Å²) in [6.07, 6.45) is 1.87. The lowest BCUT2D eigenvalue weighted by atomic mass is 10.2. The van der Waals surface area contributed by atoms with E-state index in [1.807, 2.05) is 6.92 Å². The molecular formula is C12H14FN3O2S. The largest absolute Gasteiger partial charge is 0.332 e. The predicted octanol–water partition coefficient (Wildman–Crippen LogP) is 1.59. The maximum Gasteiger partial charge on any atom is 0.257 e. The van der Waals surface area contributed by atoms with Crippen molar-refractivity contribution in [3.05, 3.63) is 47.7 Å². The molecule has 0 aliphatic carbocycles. The van der Waals surface area contributed by atoms with Crippen LogP contribution in [0.25, 0.3) is 0 Å². The molecule has 1 aromatic carbocycles. The number of hydrogen-bond donors (Lipinski definition) is 2. The summed E-state index contributed by atoms with van der Waals surface area (Å²) in [5, 5.41) is -0.0133. The molecule has 19 heavy (non-hydrogen) atoms. The molecule has 0 atom stereocenters. The third-order valence-corrected chi connectivity index (χ3v) is 3.95. The van der Waals surface area contributed by atoms with Gasteiger partial charge in [-0.3, -0.25) is 0 Å². The highest BCUT2D eigenvalue weighted by Crippen LogP contribution is 2.09. The number of halogens is 1. The first-order chi connectivity index (χ1) is 9.03. The summed E-state index contributed by atoms with van der Waals surface area (Å²) >= 11 is 0. The van der Waals surface area contributed by atoms with Crippen LogP contribution in [0.15, 0.2) is 35.5 Å². The molecular weight excluding hydrogens is 269 g/mol. The number of H-pyrrole nitrogens is 1. The van der Waals surface area contributed by atoms with Gasteiger partial charge in [-0.15, -0.1) is 0 Å². The van der Waals surface area contributed by atoms with Gasteiger partial charge in [0.1, 0.15) is 11.6 Å². The second-order valence-electron chi connectivity index (χ2n) is 3.96. The maximum absolute atomic E-state index is 13.4. The first kappa shape index (κ1) is 13.7. The Kier molecular flexibility index (Phi) is 3.96. The fourth-order valence-electron chi connectivity index (χ4n) is 1.55. The lowest BCUT2D eigenvalue weighted by Crippen LogP contribution is -2.24. The fraction of sp³-hybridized carbons (Fsp3) is 0.250. The summed E-state index contributed by atoms with van der Waals surface area (Å²) in [7, 11) is -3.70. The van der Waals surface area contributed by atoms with Gasteiger partial charge in [0.2, 0.25) is 0 Å². The number of nitrogens with zero attached hydrogens (tertiary/aromatic N) is 1.